The van der Waals surface area contributed by atoms with E-state index in [1.165, 1.54) is 0 Å². The van der Waals surface area contributed by atoms with E-state index in [4.69, 9.17) is 4.74 Å². The molecule has 0 aliphatic rings. The minimum atomic E-state index is -0.0266. The largest absolute Gasteiger partial charge is 0.494 e. The quantitative estimate of drug-likeness (QED) is 0.746. The van der Waals surface area contributed by atoms with Crippen molar-refractivity contribution in [2.75, 3.05) is 18.6 Å². The summed E-state index contributed by atoms with van der Waals surface area (Å²) in [4.78, 5) is 14.0. The number of anilines is 1. The zero-order valence-electron chi connectivity index (χ0n) is 12.6. The molecule has 0 N–H and O–H groups in total. The van der Waals surface area contributed by atoms with E-state index in [0.29, 0.717) is 12.2 Å². The summed E-state index contributed by atoms with van der Waals surface area (Å²) in [6.45, 7) is 2.84. The molecule has 0 saturated carbocycles. The highest BCUT2D eigenvalue weighted by molar-refractivity contribution is 6.05. The number of amides is 1. The molecule has 21 heavy (non-hydrogen) atoms. The van der Waals surface area contributed by atoms with E-state index in [1.54, 1.807) is 11.9 Å². The summed E-state index contributed by atoms with van der Waals surface area (Å²) in [7, 11) is 1.78. The van der Waals surface area contributed by atoms with Crippen molar-refractivity contribution in [1.29, 1.82) is 0 Å². The maximum absolute atomic E-state index is 12.4. The molecule has 0 aliphatic carbocycles. The number of unbranched alkanes of at least 4 members (excludes halogenated alkanes) is 1. The SMILES string of the molecule is CCCCOc1cccc(N(C)C(=O)c2ccccc2)c1. The van der Waals surface area contributed by atoms with E-state index in [0.717, 1.165) is 24.3 Å². The maximum atomic E-state index is 12.4. The smallest absolute Gasteiger partial charge is 0.258 e. The number of rotatable bonds is 6. The standard InChI is InChI=1S/C18H21NO2/c1-3-4-13-21-17-12-8-11-16(14-17)19(2)18(20)15-9-6-5-7-10-15/h5-12,14H,3-4,13H2,1-2H3. The van der Waals surface area contributed by atoms with Gasteiger partial charge in [-0.15, -0.1) is 0 Å². The average molecular weight is 283 g/mol. The number of carbonyl (C=O) groups excluding carboxylic acids is 1. The molecule has 0 saturated heterocycles. The average Bonchev–Trinajstić information content (AvgIpc) is 2.55. The number of hydrogen-bond acceptors (Lipinski definition) is 2. The molecule has 0 aromatic heterocycles. The molecule has 2 aromatic carbocycles. The van der Waals surface area contributed by atoms with Crippen molar-refractivity contribution < 1.29 is 9.53 Å². The summed E-state index contributed by atoms with van der Waals surface area (Å²) < 4.78 is 5.68. The molecule has 0 bridgehead atoms. The van der Waals surface area contributed by atoms with Crippen LogP contribution >= 0.6 is 0 Å². The molecular weight excluding hydrogens is 262 g/mol. The van der Waals surface area contributed by atoms with Crippen LogP contribution < -0.4 is 9.64 Å². The molecule has 2 aromatic rings. The van der Waals surface area contributed by atoms with Crippen LogP contribution in [0.1, 0.15) is 30.1 Å². The van der Waals surface area contributed by atoms with Crippen molar-refractivity contribution in [2.45, 2.75) is 19.8 Å². The van der Waals surface area contributed by atoms with Gasteiger partial charge in [-0.3, -0.25) is 4.79 Å². The number of benzene rings is 2. The van der Waals surface area contributed by atoms with Gasteiger partial charge in [-0.25, -0.2) is 0 Å². The lowest BCUT2D eigenvalue weighted by Gasteiger charge is -2.18. The Morgan fingerprint density at radius 1 is 1.10 bits per heavy atom. The van der Waals surface area contributed by atoms with Crippen molar-refractivity contribution in [3.8, 4) is 5.75 Å². The van der Waals surface area contributed by atoms with E-state index in [2.05, 4.69) is 6.92 Å². The summed E-state index contributed by atoms with van der Waals surface area (Å²) >= 11 is 0. The van der Waals surface area contributed by atoms with Crippen molar-refractivity contribution in [3.63, 3.8) is 0 Å². The Morgan fingerprint density at radius 2 is 1.86 bits per heavy atom. The summed E-state index contributed by atoms with van der Waals surface area (Å²) in [5.41, 5.74) is 1.51. The Hall–Kier alpha value is -2.29. The zero-order chi connectivity index (χ0) is 15.1. The minimum Gasteiger partial charge on any atom is -0.494 e. The number of ether oxygens (including phenoxy) is 1. The molecular formula is C18H21NO2. The molecule has 0 radical (unpaired) electrons. The van der Waals surface area contributed by atoms with Crippen LogP contribution in [0.3, 0.4) is 0 Å². The second kappa shape index (κ2) is 7.48. The van der Waals surface area contributed by atoms with E-state index in [9.17, 15) is 4.79 Å². The monoisotopic (exact) mass is 283 g/mol. The second-order valence-electron chi connectivity index (χ2n) is 4.93. The first-order chi connectivity index (χ1) is 10.2. The third kappa shape index (κ3) is 4.09. The summed E-state index contributed by atoms with van der Waals surface area (Å²) in [5.74, 6) is 0.773. The van der Waals surface area contributed by atoms with Gasteiger partial charge in [0.15, 0.2) is 0 Å². The highest BCUT2D eigenvalue weighted by atomic mass is 16.5. The predicted octanol–water partition coefficient (Wildman–Crippen LogP) is 4.14. The topological polar surface area (TPSA) is 29.5 Å². The highest BCUT2D eigenvalue weighted by Gasteiger charge is 2.13. The third-order valence-electron chi connectivity index (χ3n) is 3.30. The van der Waals surface area contributed by atoms with Gasteiger partial charge < -0.3 is 9.64 Å². The maximum Gasteiger partial charge on any atom is 0.258 e. The Labute approximate surface area is 126 Å². The van der Waals surface area contributed by atoms with Crippen molar-refractivity contribution in [3.05, 3.63) is 60.2 Å². The van der Waals surface area contributed by atoms with E-state index >= 15 is 0 Å². The van der Waals surface area contributed by atoms with Crippen LogP contribution in [0.2, 0.25) is 0 Å². The van der Waals surface area contributed by atoms with Gasteiger partial charge in [-0.05, 0) is 30.7 Å². The van der Waals surface area contributed by atoms with Crippen LogP contribution in [0.25, 0.3) is 0 Å². The van der Waals surface area contributed by atoms with Gasteiger partial charge in [0.05, 0.1) is 6.61 Å². The molecule has 0 heterocycles. The molecule has 1 amide bonds. The first kappa shape index (κ1) is 15.1. The molecule has 3 heteroatoms. The fraction of sp³-hybridized carbons (Fsp3) is 0.278. The summed E-state index contributed by atoms with van der Waals surface area (Å²) in [6.07, 6.45) is 2.13. The molecule has 0 aliphatic heterocycles. The van der Waals surface area contributed by atoms with Gasteiger partial charge in [0.25, 0.3) is 5.91 Å². The second-order valence-corrected chi connectivity index (χ2v) is 4.93. The van der Waals surface area contributed by atoms with Crippen LogP contribution in [0.4, 0.5) is 5.69 Å². The van der Waals surface area contributed by atoms with Crippen LogP contribution in [-0.2, 0) is 0 Å². The van der Waals surface area contributed by atoms with E-state index < -0.39 is 0 Å². The fourth-order valence-electron chi connectivity index (χ4n) is 2.01. The molecule has 110 valence electrons. The number of hydrogen-bond donors (Lipinski definition) is 0. The van der Waals surface area contributed by atoms with Crippen LogP contribution in [-0.4, -0.2) is 19.6 Å². The molecule has 2 rings (SSSR count). The lowest BCUT2D eigenvalue weighted by atomic mass is 10.2. The van der Waals surface area contributed by atoms with Crippen molar-refractivity contribution >= 4 is 11.6 Å². The Morgan fingerprint density at radius 3 is 2.57 bits per heavy atom. The third-order valence-corrected chi connectivity index (χ3v) is 3.30. The molecule has 0 unspecified atom stereocenters. The van der Waals surface area contributed by atoms with Crippen molar-refractivity contribution in [1.82, 2.24) is 0 Å². The van der Waals surface area contributed by atoms with Crippen LogP contribution in [0.5, 0.6) is 5.75 Å². The molecule has 0 atom stereocenters. The lowest BCUT2D eigenvalue weighted by molar-refractivity contribution is 0.0993. The van der Waals surface area contributed by atoms with Gasteiger partial charge in [0.2, 0.25) is 0 Å². The van der Waals surface area contributed by atoms with Gasteiger partial charge in [0, 0.05) is 24.4 Å². The number of carbonyl (C=O) groups is 1. The minimum absolute atomic E-state index is 0.0266. The fourth-order valence-corrected chi connectivity index (χ4v) is 2.01. The highest BCUT2D eigenvalue weighted by Crippen LogP contribution is 2.22. The normalized spacial score (nSPS) is 10.2. The zero-order valence-corrected chi connectivity index (χ0v) is 12.6. The Balaban J connectivity index is 2.10. The molecule has 0 fully saturated rings. The first-order valence-electron chi connectivity index (χ1n) is 7.28. The molecule has 3 nitrogen and oxygen atoms in total. The van der Waals surface area contributed by atoms with Gasteiger partial charge in [0.1, 0.15) is 5.75 Å². The number of nitrogens with zero attached hydrogens (tertiary/aromatic N) is 1. The van der Waals surface area contributed by atoms with E-state index in [1.807, 2.05) is 54.6 Å². The molecule has 0 spiro atoms. The van der Waals surface area contributed by atoms with Gasteiger partial charge in [-0.2, -0.15) is 0 Å². The van der Waals surface area contributed by atoms with Gasteiger partial charge in [-0.1, -0.05) is 37.6 Å². The predicted molar refractivity (Wildman–Crippen MR) is 86.0 cm³/mol. The van der Waals surface area contributed by atoms with Crippen LogP contribution in [0.15, 0.2) is 54.6 Å². The Kier molecular flexibility index (Phi) is 5.38. The lowest BCUT2D eigenvalue weighted by Crippen LogP contribution is -2.26. The van der Waals surface area contributed by atoms with Gasteiger partial charge >= 0.3 is 0 Å². The summed E-state index contributed by atoms with van der Waals surface area (Å²) in [6, 6.07) is 16.9. The van der Waals surface area contributed by atoms with E-state index in [-0.39, 0.29) is 5.91 Å². The first-order valence-corrected chi connectivity index (χ1v) is 7.28. The summed E-state index contributed by atoms with van der Waals surface area (Å²) in [5, 5.41) is 0. The van der Waals surface area contributed by atoms with Crippen molar-refractivity contribution in [2.24, 2.45) is 0 Å². The van der Waals surface area contributed by atoms with Crippen LogP contribution in [0, 0.1) is 0 Å². The Bertz CT molecular complexity index is 581.